The molecule has 14 heavy (non-hydrogen) atoms. The van der Waals surface area contributed by atoms with Crippen LogP contribution in [0.1, 0.15) is 18.3 Å². The van der Waals surface area contributed by atoms with E-state index in [0.29, 0.717) is 0 Å². The fourth-order valence-electron chi connectivity index (χ4n) is 0.740. The van der Waals surface area contributed by atoms with Gasteiger partial charge in [0.25, 0.3) is 0 Å². The third kappa shape index (κ3) is 2.13. The Kier molecular flexibility index (Phi) is 2.91. The van der Waals surface area contributed by atoms with Gasteiger partial charge in [-0.05, 0) is 0 Å². The molecule has 72 valence electrons. The number of carbonyl (C=O) groups excluding carboxylic acids is 1. The van der Waals surface area contributed by atoms with Gasteiger partial charge in [-0.15, -0.1) is 5.10 Å². The Labute approximate surface area is 79.6 Å². The van der Waals surface area contributed by atoms with Crippen LogP contribution in [0.25, 0.3) is 0 Å². The standard InChI is InChI=1S/C7H7N5O2/c1-5(13)14-9-4-6-7(3-8)12(2)11-10-6/h4H,1-2H3. The third-order valence-corrected chi connectivity index (χ3v) is 1.31. The lowest BCUT2D eigenvalue weighted by molar-refractivity contribution is -0.140. The van der Waals surface area contributed by atoms with Crippen LogP contribution in [-0.4, -0.2) is 27.2 Å². The Balaban J connectivity index is 2.82. The van der Waals surface area contributed by atoms with Gasteiger partial charge in [0.05, 0.1) is 6.21 Å². The van der Waals surface area contributed by atoms with E-state index in [2.05, 4.69) is 20.3 Å². The first-order valence-corrected chi connectivity index (χ1v) is 3.66. The summed E-state index contributed by atoms with van der Waals surface area (Å²) in [5.41, 5.74) is 0.511. The van der Waals surface area contributed by atoms with Gasteiger partial charge in [-0.3, -0.25) is 0 Å². The number of aryl methyl sites for hydroxylation is 1. The minimum Gasteiger partial charge on any atom is -0.319 e. The second kappa shape index (κ2) is 4.13. The van der Waals surface area contributed by atoms with Gasteiger partial charge in [0.2, 0.25) is 0 Å². The van der Waals surface area contributed by atoms with Crippen LogP contribution >= 0.6 is 0 Å². The lowest BCUT2D eigenvalue weighted by atomic mass is 10.3. The molecule has 0 aliphatic rings. The van der Waals surface area contributed by atoms with Crippen molar-refractivity contribution in [3.8, 4) is 6.07 Å². The van der Waals surface area contributed by atoms with Crippen molar-refractivity contribution in [3.63, 3.8) is 0 Å². The van der Waals surface area contributed by atoms with Crippen LogP contribution in [0.2, 0.25) is 0 Å². The maximum Gasteiger partial charge on any atom is 0.331 e. The molecule has 0 aromatic carbocycles. The summed E-state index contributed by atoms with van der Waals surface area (Å²) < 4.78 is 1.30. The molecule has 0 fully saturated rings. The first kappa shape index (κ1) is 9.85. The Morgan fingerprint density at radius 3 is 3.07 bits per heavy atom. The van der Waals surface area contributed by atoms with Gasteiger partial charge in [0, 0.05) is 14.0 Å². The molecule has 0 spiro atoms. The molecule has 1 rings (SSSR count). The summed E-state index contributed by atoms with van der Waals surface area (Å²) >= 11 is 0. The molecule has 0 bridgehead atoms. The van der Waals surface area contributed by atoms with E-state index >= 15 is 0 Å². The first-order valence-electron chi connectivity index (χ1n) is 3.66. The predicted molar refractivity (Wildman–Crippen MR) is 45.1 cm³/mol. The fraction of sp³-hybridized carbons (Fsp3) is 0.286. The Hall–Kier alpha value is -2.23. The molecule has 0 saturated carbocycles. The van der Waals surface area contributed by atoms with E-state index < -0.39 is 5.97 Å². The van der Waals surface area contributed by atoms with E-state index in [1.54, 1.807) is 7.05 Å². The second-order valence-electron chi connectivity index (χ2n) is 2.38. The van der Waals surface area contributed by atoms with E-state index in [9.17, 15) is 4.79 Å². The van der Waals surface area contributed by atoms with Crippen LogP contribution in [0, 0.1) is 11.3 Å². The Bertz CT molecular complexity index is 414. The van der Waals surface area contributed by atoms with Gasteiger partial charge in [-0.1, -0.05) is 10.4 Å². The van der Waals surface area contributed by atoms with Crippen LogP contribution < -0.4 is 0 Å². The predicted octanol–water partition coefficient (Wildman–Crippen LogP) is -0.416. The molecule has 0 saturated heterocycles. The van der Waals surface area contributed by atoms with Gasteiger partial charge >= 0.3 is 5.97 Å². The molecule has 0 aliphatic heterocycles. The van der Waals surface area contributed by atoms with Gasteiger partial charge in [0.15, 0.2) is 5.69 Å². The molecule has 7 heteroatoms. The number of nitriles is 1. The van der Waals surface area contributed by atoms with Crippen molar-refractivity contribution in [1.29, 1.82) is 5.26 Å². The highest BCUT2D eigenvalue weighted by Gasteiger charge is 2.06. The molecular formula is C7H7N5O2. The maximum atomic E-state index is 10.4. The number of aromatic nitrogens is 3. The highest BCUT2D eigenvalue weighted by Crippen LogP contribution is 1.98. The van der Waals surface area contributed by atoms with Crippen LogP contribution in [0.15, 0.2) is 5.16 Å². The van der Waals surface area contributed by atoms with Crippen LogP contribution in [0.4, 0.5) is 0 Å². The van der Waals surface area contributed by atoms with Crippen molar-refractivity contribution < 1.29 is 9.63 Å². The minimum atomic E-state index is -0.538. The smallest absolute Gasteiger partial charge is 0.319 e. The van der Waals surface area contributed by atoms with Crippen LogP contribution in [0.5, 0.6) is 0 Å². The van der Waals surface area contributed by atoms with Gasteiger partial charge in [-0.2, -0.15) is 5.26 Å². The molecule has 7 nitrogen and oxygen atoms in total. The highest BCUT2D eigenvalue weighted by atomic mass is 16.7. The molecule has 1 heterocycles. The fourth-order valence-corrected chi connectivity index (χ4v) is 0.740. The van der Waals surface area contributed by atoms with Crippen LogP contribution in [-0.2, 0) is 16.7 Å². The van der Waals surface area contributed by atoms with E-state index in [1.165, 1.54) is 11.6 Å². The molecule has 1 aromatic rings. The molecule has 1 aromatic heterocycles. The molecular weight excluding hydrogens is 186 g/mol. The lowest BCUT2D eigenvalue weighted by Gasteiger charge is -1.88. The summed E-state index contributed by atoms with van der Waals surface area (Å²) in [6.45, 7) is 1.22. The van der Waals surface area contributed by atoms with Gasteiger partial charge in [-0.25, -0.2) is 9.48 Å². The number of rotatable bonds is 2. The zero-order valence-electron chi connectivity index (χ0n) is 7.63. The monoisotopic (exact) mass is 193 g/mol. The highest BCUT2D eigenvalue weighted by molar-refractivity contribution is 5.79. The van der Waals surface area contributed by atoms with E-state index in [1.807, 2.05) is 6.07 Å². The van der Waals surface area contributed by atoms with Crippen molar-refractivity contribution in [3.05, 3.63) is 11.4 Å². The first-order chi connectivity index (χ1) is 6.65. The second-order valence-corrected chi connectivity index (χ2v) is 2.38. The van der Waals surface area contributed by atoms with E-state index in [-0.39, 0.29) is 11.4 Å². The van der Waals surface area contributed by atoms with Gasteiger partial charge < -0.3 is 4.84 Å². The topological polar surface area (TPSA) is 93.2 Å². The number of nitrogens with zero attached hydrogens (tertiary/aromatic N) is 5. The molecule has 0 atom stereocenters. The third-order valence-electron chi connectivity index (χ3n) is 1.31. The van der Waals surface area contributed by atoms with Gasteiger partial charge in [0.1, 0.15) is 11.8 Å². The molecule has 0 unspecified atom stereocenters. The van der Waals surface area contributed by atoms with Crippen molar-refractivity contribution in [2.75, 3.05) is 0 Å². The number of carbonyl (C=O) groups is 1. The quantitative estimate of drug-likeness (QED) is 0.361. The summed E-state index contributed by atoms with van der Waals surface area (Å²) in [5.74, 6) is -0.538. The lowest BCUT2D eigenvalue weighted by Crippen LogP contribution is -1.96. The normalized spacial score (nSPS) is 10.1. The Morgan fingerprint density at radius 1 is 1.79 bits per heavy atom. The van der Waals surface area contributed by atoms with Crippen molar-refractivity contribution in [2.24, 2.45) is 12.2 Å². The average Bonchev–Trinajstić information content (AvgIpc) is 2.46. The number of hydrogen-bond acceptors (Lipinski definition) is 6. The summed E-state index contributed by atoms with van der Waals surface area (Å²) in [7, 11) is 1.58. The zero-order chi connectivity index (χ0) is 10.6. The number of oxime groups is 1. The SMILES string of the molecule is CC(=O)ON=Cc1nnn(C)c1C#N. The van der Waals surface area contributed by atoms with E-state index in [0.717, 1.165) is 6.21 Å². The maximum absolute atomic E-state index is 10.4. The number of hydrogen-bond donors (Lipinski definition) is 0. The molecule has 0 radical (unpaired) electrons. The molecule has 0 N–H and O–H groups in total. The van der Waals surface area contributed by atoms with Crippen molar-refractivity contribution in [2.45, 2.75) is 6.92 Å². The van der Waals surface area contributed by atoms with E-state index in [4.69, 9.17) is 5.26 Å². The summed E-state index contributed by atoms with van der Waals surface area (Å²) in [6, 6.07) is 1.89. The minimum absolute atomic E-state index is 0.251. The molecule has 0 amide bonds. The zero-order valence-corrected chi connectivity index (χ0v) is 7.63. The summed E-state index contributed by atoms with van der Waals surface area (Å²) in [6.07, 6.45) is 1.16. The van der Waals surface area contributed by atoms with Crippen LogP contribution in [0.3, 0.4) is 0 Å². The largest absolute Gasteiger partial charge is 0.331 e. The Morgan fingerprint density at radius 2 is 2.50 bits per heavy atom. The van der Waals surface area contributed by atoms with Crippen molar-refractivity contribution >= 4 is 12.2 Å². The average molecular weight is 193 g/mol. The summed E-state index contributed by atoms with van der Waals surface area (Å²) in [4.78, 5) is 14.7. The summed E-state index contributed by atoms with van der Waals surface area (Å²) in [5, 5.41) is 19.2. The molecule has 0 aliphatic carbocycles. The van der Waals surface area contributed by atoms with Crippen molar-refractivity contribution in [1.82, 2.24) is 15.0 Å².